The summed E-state index contributed by atoms with van der Waals surface area (Å²) in [7, 11) is 12.2. The van der Waals surface area contributed by atoms with Gasteiger partial charge in [0.15, 0.2) is 13.5 Å². The number of hydrogen-bond donors (Lipinski definition) is 7. The van der Waals surface area contributed by atoms with E-state index in [0.29, 0.717) is 37.4 Å². The molecule has 0 saturated carbocycles. The van der Waals surface area contributed by atoms with Crippen molar-refractivity contribution in [2.45, 2.75) is 117 Å². The number of ether oxygens (including phenoxy) is 2. The minimum atomic E-state index is -0.364. The molecule has 0 atom stereocenters. The molecular weight excluding hydrogens is 830 g/mol. The van der Waals surface area contributed by atoms with E-state index in [-0.39, 0.29) is 90.9 Å². The molecule has 0 rings (SSSR count). The van der Waals surface area contributed by atoms with Gasteiger partial charge in [0.25, 0.3) is 0 Å². The Hall–Kier alpha value is -2.54. The number of halogens is 4. The molecule has 0 bridgehead atoms. The molecule has 0 heterocycles. The molecule has 0 saturated heterocycles. The van der Waals surface area contributed by atoms with Crippen molar-refractivity contribution in [1.29, 1.82) is 0 Å². The first kappa shape index (κ1) is 66.3. The Labute approximate surface area is 364 Å². The molecule has 0 fully saturated rings. The molecule has 57 heavy (non-hydrogen) atoms. The van der Waals surface area contributed by atoms with Gasteiger partial charge in [-0.05, 0) is 108 Å². The lowest BCUT2D eigenvalue weighted by molar-refractivity contribution is -0.870. The summed E-state index contributed by atoms with van der Waals surface area (Å²) >= 11 is 15.6. The normalized spacial score (nSPS) is 10.6. The Kier molecular flexibility index (Phi) is 43.9. The second-order valence-corrected chi connectivity index (χ2v) is 17.7. The van der Waals surface area contributed by atoms with Gasteiger partial charge >= 0.3 is 30.0 Å². The van der Waals surface area contributed by atoms with Gasteiger partial charge in [-0.2, -0.15) is 0 Å². The second-order valence-electron chi connectivity index (χ2n) is 16.5. The lowest BCUT2D eigenvalue weighted by Crippen LogP contribution is -3.00. The van der Waals surface area contributed by atoms with E-state index < -0.39 is 0 Å². The minimum absolute atomic E-state index is 0. The fourth-order valence-electron chi connectivity index (χ4n) is 2.85. The van der Waals surface area contributed by atoms with Crippen LogP contribution in [-0.4, -0.2) is 147 Å². The summed E-state index contributed by atoms with van der Waals surface area (Å²) in [5.41, 5.74) is -0.870. The second kappa shape index (κ2) is 37.7. The Bertz CT molecular complexity index is 1080. The number of nitrogens with one attached hydrogen (secondary N) is 6. The molecule has 6 amide bonds. The molecule has 0 aliphatic rings. The van der Waals surface area contributed by atoms with E-state index >= 15 is 0 Å². The van der Waals surface area contributed by atoms with E-state index in [2.05, 4.69) is 53.0 Å². The number of rotatable bonds is 15. The molecule has 0 unspecified atom stereocenters. The standard InChI is InChI=1S/C13H27N3O3.C10H19ClN2O3.C6H14N2O2.C4H6Cl2O.C3H9N.ClH/c1-13(2,3)15-12(18)14-10-19-11(17)8-7-9-16(4,5)6;1-10(2,3)13-9(15)12-7-16-8(14)5-4-6-11;1-6(2,3)8-5(10)7-4-9;5-3-1-2-4(6)7;1-4(2)3;/h7-10H2,1-6H3,(H-,14,15,18);4-7H2,1-3H3,(H2,12,13,15);9H,4H2,1-3H3,(H2,7,8,10);1-3H2;1-3H3;1H. The number of esters is 2. The third-order valence-corrected chi connectivity index (χ3v) is 5.59. The van der Waals surface area contributed by atoms with Crippen LogP contribution in [0.1, 0.15) is 101 Å². The van der Waals surface area contributed by atoms with E-state index in [0.717, 1.165) is 17.4 Å². The van der Waals surface area contributed by atoms with Crippen LogP contribution in [0.3, 0.4) is 0 Å². The summed E-state index contributed by atoms with van der Waals surface area (Å²) in [5.74, 6) is 0.284. The lowest BCUT2D eigenvalue weighted by Gasteiger charge is -2.23. The van der Waals surface area contributed by atoms with Crippen molar-refractivity contribution in [1.82, 2.24) is 36.8 Å². The first-order chi connectivity index (χ1) is 25.3. The highest BCUT2D eigenvalue weighted by atomic mass is 35.5. The molecule has 21 heteroatoms. The Balaban J connectivity index is -0.000000154. The SMILES string of the molecule is CC(C)(C)NC(=O)NCO.CC(C)(C)NC(=O)NCOC(=O)CCCCl.CC(C)(C)NC(=O)NCOC(=O)CCC[N+](C)(C)C.CN(C)C.O=C(Cl)CCCCl.[Cl-]. The zero-order valence-electron chi connectivity index (χ0n) is 37.1. The lowest BCUT2D eigenvalue weighted by atomic mass is 10.1. The fourth-order valence-corrected chi connectivity index (χ4v) is 3.25. The molecular formula is C36H76Cl4N8O9. The summed E-state index contributed by atoms with van der Waals surface area (Å²) in [6, 6.07) is -1.06. The van der Waals surface area contributed by atoms with Crippen molar-refractivity contribution in [3.8, 4) is 0 Å². The van der Waals surface area contributed by atoms with Gasteiger partial charge in [-0.3, -0.25) is 14.4 Å². The molecule has 0 radical (unpaired) electrons. The Morgan fingerprint density at radius 2 is 0.895 bits per heavy atom. The van der Waals surface area contributed by atoms with Gasteiger partial charge in [0.2, 0.25) is 5.24 Å². The van der Waals surface area contributed by atoms with Gasteiger partial charge in [0.1, 0.15) is 6.73 Å². The molecule has 0 aromatic rings. The Morgan fingerprint density at radius 1 is 0.596 bits per heavy atom. The number of carbonyl (C=O) groups excluding carboxylic acids is 6. The Morgan fingerprint density at radius 3 is 1.14 bits per heavy atom. The van der Waals surface area contributed by atoms with Crippen molar-refractivity contribution in [2.75, 3.05) is 80.8 Å². The quantitative estimate of drug-likeness (QED) is 0.0415. The van der Waals surface area contributed by atoms with Crippen LogP contribution in [0.25, 0.3) is 0 Å². The van der Waals surface area contributed by atoms with Crippen LogP contribution >= 0.6 is 34.8 Å². The minimum Gasteiger partial charge on any atom is -1.00 e. The van der Waals surface area contributed by atoms with Crippen LogP contribution in [0.5, 0.6) is 0 Å². The largest absolute Gasteiger partial charge is 1.00 e. The van der Waals surface area contributed by atoms with Gasteiger partial charge in [-0.15, -0.1) is 23.2 Å². The zero-order chi connectivity index (χ0) is 45.2. The molecule has 0 aliphatic carbocycles. The first-order valence-electron chi connectivity index (χ1n) is 18.1. The maximum atomic E-state index is 11.4. The number of aliphatic hydroxyl groups is 1. The number of hydrogen-bond acceptors (Lipinski definition) is 10. The van der Waals surface area contributed by atoms with Crippen molar-refractivity contribution in [3.05, 3.63) is 0 Å². The van der Waals surface area contributed by atoms with Crippen LogP contribution in [-0.2, 0) is 23.9 Å². The average Bonchev–Trinajstić information content (AvgIpc) is 2.96. The first-order valence-corrected chi connectivity index (χ1v) is 19.6. The van der Waals surface area contributed by atoms with Gasteiger partial charge in [-0.1, -0.05) is 0 Å². The van der Waals surface area contributed by atoms with Gasteiger partial charge in [-0.25, -0.2) is 14.4 Å². The maximum Gasteiger partial charge on any atom is 0.317 e. The number of quaternary nitrogens is 1. The van der Waals surface area contributed by atoms with Gasteiger partial charge < -0.3 is 68.3 Å². The van der Waals surface area contributed by atoms with E-state index in [4.69, 9.17) is 49.4 Å². The maximum absolute atomic E-state index is 11.4. The molecule has 0 spiro atoms. The number of aliphatic hydroxyl groups excluding tert-OH is 1. The molecule has 0 aromatic heterocycles. The number of amides is 6. The topological polar surface area (TPSA) is 217 Å². The molecule has 342 valence electrons. The fraction of sp³-hybridized carbons (Fsp3) is 0.833. The molecule has 0 aromatic carbocycles. The van der Waals surface area contributed by atoms with Crippen LogP contribution in [0, 0.1) is 0 Å². The van der Waals surface area contributed by atoms with Gasteiger partial charge in [0.05, 0.1) is 34.1 Å². The number of carbonyl (C=O) groups is 6. The summed E-state index contributed by atoms with van der Waals surface area (Å²) in [5, 5.41) is 23.1. The number of urea groups is 3. The highest BCUT2D eigenvalue weighted by Gasteiger charge is 2.15. The highest BCUT2D eigenvalue weighted by molar-refractivity contribution is 6.63. The van der Waals surface area contributed by atoms with E-state index in [9.17, 15) is 28.8 Å². The van der Waals surface area contributed by atoms with Crippen molar-refractivity contribution < 1.29 is 60.2 Å². The number of alkyl halides is 2. The summed E-state index contributed by atoms with van der Waals surface area (Å²) < 4.78 is 10.5. The van der Waals surface area contributed by atoms with Crippen LogP contribution in [0.4, 0.5) is 14.4 Å². The van der Waals surface area contributed by atoms with Crippen LogP contribution in [0.15, 0.2) is 0 Å². The molecule has 17 nitrogen and oxygen atoms in total. The summed E-state index contributed by atoms with van der Waals surface area (Å²) in [6.45, 7) is 17.2. The predicted molar refractivity (Wildman–Crippen MR) is 226 cm³/mol. The smallest absolute Gasteiger partial charge is 0.317 e. The van der Waals surface area contributed by atoms with Crippen molar-refractivity contribution >= 4 is 70.1 Å². The highest BCUT2D eigenvalue weighted by Crippen LogP contribution is 2.01. The zero-order valence-corrected chi connectivity index (χ0v) is 40.1. The predicted octanol–water partition coefficient (Wildman–Crippen LogP) is 1.66. The van der Waals surface area contributed by atoms with E-state index in [1.165, 1.54) is 0 Å². The third-order valence-electron chi connectivity index (χ3n) is 4.87. The number of nitrogens with zero attached hydrogens (tertiary/aromatic N) is 2. The molecule has 0 aliphatic heterocycles. The third kappa shape index (κ3) is 78.5. The average molecular weight is 907 g/mol. The van der Waals surface area contributed by atoms with Crippen LogP contribution in [0.2, 0.25) is 0 Å². The van der Waals surface area contributed by atoms with Gasteiger partial charge in [0, 0.05) is 47.6 Å². The van der Waals surface area contributed by atoms with Crippen molar-refractivity contribution in [3.63, 3.8) is 0 Å². The molecule has 7 N–H and O–H groups in total. The van der Waals surface area contributed by atoms with E-state index in [1.54, 1.807) is 0 Å². The van der Waals surface area contributed by atoms with E-state index in [1.807, 2.05) is 88.4 Å². The summed E-state index contributed by atoms with van der Waals surface area (Å²) in [6.07, 6.45) is 3.07. The monoisotopic (exact) mass is 904 g/mol. The van der Waals surface area contributed by atoms with Crippen LogP contribution < -0.4 is 44.3 Å². The van der Waals surface area contributed by atoms with Crippen molar-refractivity contribution in [2.24, 2.45) is 0 Å². The summed E-state index contributed by atoms with van der Waals surface area (Å²) in [4.78, 5) is 67.6.